The van der Waals surface area contributed by atoms with Crippen molar-refractivity contribution in [3.63, 3.8) is 0 Å². The first kappa shape index (κ1) is 30.6. The molecule has 216 valence electrons. The summed E-state index contributed by atoms with van der Waals surface area (Å²) in [4.78, 5) is 15.9. The summed E-state index contributed by atoms with van der Waals surface area (Å²) in [5.74, 6) is 1.43. The largest absolute Gasteiger partial charge is 0.378 e. The van der Waals surface area contributed by atoms with Gasteiger partial charge in [-0.15, -0.1) is 5.10 Å². The lowest BCUT2D eigenvalue weighted by Crippen LogP contribution is -2.55. The zero-order valence-electron chi connectivity index (χ0n) is 23.7. The number of anilines is 1. The van der Waals surface area contributed by atoms with Crippen LogP contribution in [0.25, 0.3) is 16.8 Å². The van der Waals surface area contributed by atoms with Crippen LogP contribution in [0.1, 0.15) is 68.4 Å². The van der Waals surface area contributed by atoms with Crippen LogP contribution in [-0.2, 0) is 11.2 Å². The van der Waals surface area contributed by atoms with E-state index in [1.54, 1.807) is 14.0 Å². The van der Waals surface area contributed by atoms with Gasteiger partial charge in [-0.05, 0) is 70.2 Å². The maximum atomic E-state index is 13.6. The van der Waals surface area contributed by atoms with Crippen LogP contribution in [0.4, 0.5) is 16.0 Å². The Labute approximate surface area is 234 Å². The molecule has 0 aliphatic carbocycles. The van der Waals surface area contributed by atoms with E-state index in [0.29, 0.717) is 18.5 Å². The molecular weight excluding hydrogens is 493 g/mol. The topological polar surface area (TPSA) is 79.9 Å². The van der Waals surface area contributed by atoms with Crippen molar-refractivity contribution < 1.29 is 10.6 Å². The van der Waals surface area contributed by atoms with Crippen molar-refractivity contribution in [2.45, 2.75) is 79.4 Å². The molecule has 6 heterocycles. The van der Waals surface area contributed by atoms with Gasteiger partial charge in [0.25, 0.3) is 0 Å². The highest BCUT2D eigenvalue weighted by atomic mass is 19.1. The maximum Gasteiger partial charge on any atom is 0.240 e. The molecule has 3 aliphatic heterocycles. The summed E-state index contributed by atoms with van der Waals surface area (Å²) < 4.78 is 20.5. The van der Waals surface area contributed by atoms with Crippen molar-refractivity contribution in [3.05, 3.63) is 36.3 Å². The number of aromatic nitrogens is 4. The van der Waals surface area contributed by atoms with Crippen LogP contribution in [0.3, 0.4) is 0 Å². The van der Waals surface area contributed by atoms with Gasteiger partial charge in [0.1, 0.15) is 5.67 Å². The molecule has 0 radical (unpaired) electrons. The molecular formula is C30H48FN7O. The number of pyridine rings is 1. The van der Waals surface area contributed by atoms with Crippen molar-refractivity contribution in [1.29, 1.82) is 0 Å². The van der Waals surface area contributed by atoms with Gasteiger partial charge < -0.3 is 10.1 Å². The van der Waals surface area contributed by atoms with Crippen LogP contribution in [0.15, 0.2) is 35.6 Å². The summed E-state index contributed by atoms with van der Waals surface area (Å²) in [5, 5.41) is 7.32. The van der Waals surface area contributed by atoms with E-state index in [1.807, 2.05) is 35.1 Å². The number of alkyl halides is 1. The van der Waals surface area contributed by atoms with E-state index in [-0.39, 0.29) is 8.85 Å². The van der Waals surface area contributed by atoms with Crippen molar-refractivity contribution in [3.8, 4) is 11.3 Å². The van der Waals surface area contributed by atoms with E-state index in [1.165, 1.54) is 5.71 Å². The van der Waals surface area contributed by atoms with Crippen LogP contribution >= 0.6 is 0 Å². The molecule has 3 aromatic heterocycles. The van der Waals surface area contributed by atoms with Crippen LogP contribution in [-0.4, -0.2) is 75.3 Å². The fourth-order valence-corrected chi connectivity index (χ4v) is 4.70. The Kier molecular flexibility index (Phi) is 10.6. The van der Waals surface area contributed by atoms with Gasteiger partial charge in [0.2, 0.25) is 5.95 Å². The van der Waals surface area contributed by atoms with E-state index in [4.69, 9.17) is 9.72 Å². The number of ether oxygens (including phenoxy) is 1. The molecule has 3 aliphatic rings. The lowest BCUT2D eigenvalue weighted by molar-refractivity contribution is -0.0900. The Balaban J connectivity index is 0.000000265. The minimum Gasteiger partial charge on any atom is -0.378 e. The van der Waals surface area contributed by atoms with Gasteiger partial charge in [0.05, 0.1) is 48.0 Å². The molecule has 2 fully saturated rings. The second-order valence-corrected chi connectivity index (χ2v) is 11.3. The van der Waals surface area contributed by atoms with Gasteiger partial charge in [-0.25, -0.2) is 13.9 Å². The molecule has 2 saturated heterocycles. The minimum absolute atomic E-state index is 0. The summed E-state index contributed by atoms with van der Waals surface area (Å²) in [6.07, 6.45) is 7.38. The van der Waals surface area contributed by atoms with E-state index in [9.17, 15) is 4.39 Å². The number of hydrogen-bond acceptors (Lipinski definition) is 7. The number of rotatable bonds is 3. The van der Waals surface area contributed by atoms with Crippen molar-refractivity contribution in [1.82, 2.24) is 24.5 Å². The average Bonchev–Trinajstić information content (AvgIpc) is 3.25. The van der Waals surface area contributed by atoms with Crippen molar-refractivity contribution in [2.75, 3.05) is 38.7 Å². The number of nitrogens with zero attached hydrogens (tertiary/aromatic N) is 6. The maximum absolute atomic E-state index is 13.6. The quantitative estimate of drug-likeness (QED) is 0.401. The number of aryl methyl sites for hydroxylation is 1. The summed E-state index contributed by atoms with van der Waals surface area (Å²) in [7, 11) is 1.80. The Morgan fingerprint density at radius 1 is 1.18 bits per heavy atom. The third kappa shape index (κ3) is 8.05. The summed E-state index contributed by atoms with van der Waals surface area (Å²) in [5.41, 5.74) is 5.19. The molecule has 1 atom stereocenters. The van der Waals surface area contributed by atoms with Gasteiger partial charge in [0, 0.05) is 32.5 Å². The number of hydrogen-bond donors (Lipinski definition) is 1. The molecule has 9 heteroatoms. The van der Waals surface area contributed by atoms with Crippen molar-refractivity contribution >= 4 is 22.9 Å². The molecule has 39 heavy (non-hydrogen) atoms. The molecule has 3 aromatic rings. The predicted molar refractivity (Wildman–Crippen MR) is 161 cm³/mol. The third-order valence-corrected chi connectivity index (χ3v) is 6.71. The molecule has 8 nitrogen and oxygen atoms in total. The molecule has 0 bridgehead atoms. The van der Waals surface area contributed by atoms with E-state index in [2.05, 4.69) is 53.0 Å². The van der Waals surface area contributed by atoms with Crippen molar-refractivity contribution in [2.24, 2.45) is 10.9 Å². The Morgan fingerprint density at radius 3 is 2.56 bits per heavy atom. The summed E-state index contributed by atoms with van der Waals surface area (Å²) >= 11 is 0. The van der Waals surface area contributed by atoms with Gasteiger partial charge in [-0.2, -0.15) is 0 Å². The SMILES string of the molecule is C.CC(C)C.CC1(F)CCCN(C2COC2)C1.CNc1ncc2c(-c3ccc4c(n3)CCC(C)=N4)ccn2n1.[HH]. The fourth-order valence-electron chi connectivity index (χ4n) is 4.70. The average molecular weight is 542 g/mol. The molecule has 0 amide bonds. The fraction of sp³-hybridized carbons (Fsp3) is 0.600. The number of nitrogens with one attached hydrogen (secondary N) is 1. The summed E-state index contributed by atoms with van der Waals surface area (Å²) in [6, 6.07) is 6.59. The standard InChI is InChI=1S/C16H16N6.C9H16FNO.C4H10.CH4.H2/c1-10-3-4-14-13(19-10)6-5-12(20-14)11-7-8-22-15(11)9-18-16(17-2)21-22;1-9(10)3-2-4-11(7-9)8-5-12-6-8;1-4(2)3;;/h5-9H,3-4H2,1-2H3,(H,17,21);8H,2-7H2,1H3;4H,1-3H3;1H4;1H. The monoisotopic (exact) mass is 541 g/mol. The normalized spacial score (nSPS) is 20.9. The Morgan fingerprint density at radius 2 is 1.92 bits per heavy atom. The number of piperidine rings is 1. The molecule has 1 N–H and O–H groups in total. The summed E-state index contributed by atoms with van der Waals surface area (Å²) in [6.45, 7) is 13.5. The lowest BCUT2D eigenvalue weighted by atomic mass is 9.95. The molecule has 0 saturated carbocycles. The smallest absolute Gasteiger partial charge is 0.240 e. The molecule has 0 spiro atoms. The van der Waals surface area contributed by atoms with E-state index < -0.39 is 5.67 Å². The first-order valence-electron chi connectivity index (χ1n) is 13.7. The Bertz CT molecular complexity index is 1250. The highest BCUT2D eigenvalue weighted by molar-refractivity contribution is 5.87. The second kappa shape index (κ2) is 13.4. The molecule has 1 unspecified atom stereocenters. The number of aliphatic imine (C=N–C) groups is 1. The van der Waals surface area contributed by atoms with E-state index in [0.717, 1.165) is 79.5 Å². The van der Waals surface area contributed by atoms with E-state index >= 15 is 0 Å². The second-order valence-electron chi connectivity index (χ2n) is 11.3. The van der Waals surface area contributed by atoms with Crippen LogP contribution in [0.2, 0.25) is 0 Å². The number of likely N-dealkylation sites (tertiary alicyclic amines) is 1. The third-order valence-electron chi connectivity index (χ3n) is 6.71. The molecule has 6 rings (SSSR count). The number of halogens is 1. The highest BCUT2D eigenvalue weighted by Gasteiger charge is 2.36. The zero-order valence-corrected chi connectivity index (χ0v) is 23.7. The zero-order chi connectivity index (χ0) is 27.3. The van der Waals surface area contributed by atoms with Gasteiger partial charge in [0.15, 0.2) is 0 Å². The first-order chi connectivity index (χ1) is 18.1. The lowest BCUT2D eigenvalue weighted by Gasteiger charge is -2.43. The Hall–Kier alpha value is -2.91. The van der Waals surface area contributed by atoms with Crippen LogP contribution in [0, 0.1) is 5.92 Å². The van der Waals surface area contributed by atoms with Gasteiger partial charge in [-0.3, -0.25) is 14.9 Å². The van der Waals surface area contributed by atoms with Gasteiger partial charge in [-0.1, -0.05) is 28.2 Å². The first-order valence-corrected chi connectivity index (χ1v) is 13.7. The predicted octanol–water partition coefficient (Wildman–Crippen LogP) is 6.63. The number of fused-ring (bicyclic) bond motifs is 2. The van der Waals surface area contributed by atoms with Crippen LogP contribution in [0.5, 0.6) is 0 Å². The van der Waals surface area contributed by atoms with Gasteiger partial charge >= 0.3 is 0 Å². The van der Waals surface area contributed by atoms with Crippen LogP contribution < -0.4 is 5.32 Å². The minimum atomic E-state index is -0.964. The molecule has 0 aromatic carbocycles. The highest BCUT2D eigenvalue weighted by Crippen LogP contribution is 2.30.